The van der Waals surface area contributed by atoms with E-state index in [4.69, 9.17) is 4.74 Å². The lowest BCUT2D eigenvalue weighted by atomic mass is 10.2. The molecule has 1 heterocycles. The number of aromatic nitrogens is 1. The third kappa shape index (κ3) is 6.16. The zero-order valence-electron chi connectivity index (χ0n) is 13.1. The van der Waals surface area contributed by atoms with E-state index in [0.29, 0.717) is 11.4 Å². The number of anilines is 1. The summed E-state index contributed by atoms with van der Waals surface area (Å²) in [6, 6.07) is 3.19. The normalized spacial score (nSPS) is 12.6. The maximum atomic E-state index is 11.9. The molecule has 0 spiro atoms. The lowest BCUT2D eigenvalue weighted by molar-refractivity contribution is -0.118. The summed E-state index contributed by atoms with van der Waals surface area (Å²) < 4.78 is 5.25. The highest BCUT2D eigenvalue weighted by molar-refractivity contribution is 7.98. The van der Waals surface area contributed by atoms with Gasteiger partial charge in [-0.15, -0.1) is 0 Å². The third-order valence-corrected chi connectivity index (χ3v) is 3.35. The second kappa shape index (κ2) is 7.45. The van der Waals surface area contributed by atoms with Gasteiger partial charge in [0.2, 0.25) is 5.91 Å². The minimum atomic E-state index is -0.544. The van der Waals surface area contributed by atoms with Crippen molar-refractivity contribution in [2.75, 3.05) is 17.3 Å². The molecule has 0 aliphatic heterocycles. The number of nitrogens with one attached hydrogen (secondary N) is 1. The summed E-state index contributed by atoms with van der Waals surface area (Å²) in [7, 11) is 0. The van der Waals surface area contributed by atoms with E-state index in [2.05, 4.69) is 10.3 Å². The molecular formula is C15H22N2O3S. The molecule has 6 heteroatoms. The van der Waals surface area contributed by atoms with Gasteiger partial charge in [0.05, 0.1) is 5.56 Å². The van der Waals surface area contributed by atoms with Crippen LogP contribution in [0.4, 0.5) is 5.82 Å². The summed E-state index contributed by atoms with van der Waals surface area (Å²) in [6.45, 7) is 7.28. The average Bonchev–Trinajstić information content (AvgIpc) is 2.37. The first-order valence-electron chi connectivity index (χ1n) is 6.72. The second-order valence-electron chi connectivity index (χ2n) is 5.78. The van der Waals surface area contributed by atoms with Crippen molar-refractivity contribution in [3.8, 4) is 0 Å². The predicted molar refractivity (Wildman–Crippen MR) is 85.6 cm³/mol. The van der Waals surface area contributed by atoms with Gasteiger partial charge >= 0.3 is 5.97 Å². The lowest BCUT2D eigenvalue weighted by Crippen LogP contribution is -2.24. The van der Waals surface area contributed by atoms with Crippen LogP contribution in [0.1, 0.15) is 38.1 Å². The molecule has 0 saturated carbocycles. The molecule has 0 radical (unpaired) electrons. The van der Waals surface area contributed by atoms with E-state index in [9.17, 15) is 9.59 Å². The fraction of sp³-hybridized carbons (Fsp3) is 0.533. The predicted octanol–water partition coefficient (Wildman–Crippen LogP) is 2.97. The first-order valence-corrected chi connectivity index (χ1v) is 8.11. The fourth-order valence-electron chi connectivity index (χ4n) is 1.50. The number of hydrogen-bond donors (Lipinski definition) is 1. The number of carbonyl (C=O) groups excluding carboxylic acids is 2. The molecule has 5 nitrogen and oxygen atoms in total. The molecule has 0 bridgehead atoms. The number of carbonyl (C=O) groups is 2. The number of amides is 1. The number of rotatable bonds is 5. The van der Waals surface area contributed by atoms with E-state index in [-0.39, 0.29) is 11.8 Å². The second-order valence-corrected chi connectivity index (χ2v) is 6.69. The van der Waals surface area contributed by atoms with Crippen molar-refractivity contribution >= 4 is 29.5 Å². The van der Waals surface area contributed by atoms with E-state index in [1.807, 2.05) is 13.2 Å². The molecule has 1 amide bonds. The number of thioether (sulfide) groups is 1. The summed E-state index contributed by atoms with van der Waals surface area (Å²) in [5.74, 6) is 0.583. The van der Waals surface area contributed by atoms with Gasteiger partial charge in [-0.05, 0) is 39.2 Å². The lowest BCUT2D eigenvalue weighted by Gasteiger charge is -2.19. The van der Waals surface area contributed by atoms with Crippen LogP contribution in [-0.2, 0) is 9.53 Å². The van der Waals surface area contributed by atoms with Gasteiger partial charge in [0.25, 0.3) is 0 Å². The zero-order chi connectivity index (χ0) is 16.0. The summed E-state index contributed by atoms with van der Waals surface area (Å²) in [4.78, 5) is 27.8. The molecule has 1 N–H and O–H groups in total. The number of ether oxygens (including phenoxy) is 1. The Balaban J connectivity index is 2.66. The maximum Gasteiger partial charge on any atom is 0.340 e. The van der Waals surface area contributed by atoms with Crippen molar-refractivity contribution in [2.45, 2.75) is 33.3 Å². The van der Waals surface area contributed by atoms with Crippen molar-refractivity contribution in [1.82, 2.24) is 4.98 Å². The summed E-state index contributed by atoms with van der Waals surface area (Å²) in [5.41, 5.74) is -0.183. The van der Waals surface area contributed by atoms with E-state index in [1.165, 1.54) is 6.20 Å². The highest BCUT2D eigenvalue weighted by Crippen LogP contribution is 2.14. The number of hydrogen-bond acceptors (Lipinski definition) is 5. The fourth-order valence-corrected chi connectivity index (χ4v) is 2.15. The largest absolute Gasteiger partial charge is 0.456 e. The Morgan fingerprint density at radius 2 is 2.05 bits per heavy atom. The van der Waals surface area contributed by atoms with Gasteiger partial charge in [0.15, 0.2) is 0 Å². The Bertz CT molecular complexity index is 495. The van der Waals surface area contributed by atoms with Gasteiger partial charge in [0, 0.05) is 17.9 Å². The minimum Gasteiger partial charge on any atom is -0.456 e. The van der Waals surface area contributed by atoms with Crippen LogP contribution in [0.3, 0.4) is 0 Å². The van der Waals surface area contributed by atoms with Crippen LogP contribution in [0.2, 0.25) is 0 Å². The molecule has 0 aromatic carbocycles. The Kier molecular flexibility index (Phi) is 6.20. The molecular weight excluding hydrogens is 288 g/mol. The average molecular weight is 310 g/mol. The van der Waals surface area contributed by atoms with Gasteiger partial charge in [0.1, 0.15) is 11.4 Å². The molecule has 1 unspecified atom stereocenters. The molecule has 116 valence electrons. The zero-order valence-corrected chi connectivity index (χ0v) is 13.9. The summed E-state index contributed by atoms with van der Waals surface area (Å²) in [5, 5.41) is 2.73. The molecule has 1 aromatic heterocycles. The standard InChI is InChI=1S/C15H22N2O3S/c1-10(9-21-5)13(18)17-12-7-6-11(8-16-12)14(19)20-15(2,3)4/h6-8,10H,9H2,1-5H3,(H,16,17,18). The summed E-state index contributed by atoms with van der Waals surface area (Å²) >= 11 is 1.62. The molecule has 21 heavy (non-hydrogen) atoms. The first-order chi connectivity index (χ1) is 9.73. The van der Waals surface area contributed by atoms with Gasteiger partial charge < -0.3 is 10.1 Å². The SMILES string of the molecule is CSCC(C)C(=O)Nc1ccc(C(=O)OC(C)(C)C)cn1. The molecule has 0 aliphatic rings. The van der Waals surface area contributed by atoms with Crippen molar-refractivity contribution in [3.63, 3.8) is 0 Å². The van der Waals surface area contributed by atoms with Crippen LogP contribution in [0.25, 0.3) is 0 Å². The van der Waals surface area contributed by atoms with Gasteiger partial charge in [-0.25, -0.2) is 9.78 Å². The van der Waals surface area contributed by atoms with Gasteiger partial charge in [-0.1, -0.05) is 6.92 Å². The molecule has 0 saturated heterocycles. The highest BCUT2D eigenvalue weighted by Gasteiger charge is 2.18. The van der Waals surface area contributed by atoms with Crippen molar-refractivity contribution < 1.29 is 14.3 Å². The van der Waals surface area contributed by atoms with Crippen molar-refractivity contribution in [2.24, 2.45) is 5.92 Å². The monoisotopic (exact) mass is 310 g/mol. The minimum absolute atomic E-state index is 0.0816. The van der Waals surface area contributed by atoms with Crippen LogP contribution in [0.5, 0.6) is 0 Å². The number of pyridine rings is 1. The molecule has 0 aliphatic carbocycles. The smallest absolute Gasteiger partial charge is 0.340 e. The molecule has 1 atom stereocenters. The van der Waals surface area contributed by atoms with Crippen LogP contribution >= 0.6 is 11.8 Å². The van der Waals surface area contributed by atoms with E-state index in [0.717, 1.165) is 5.75 Å². The van der Waals surface area contributed by atoms with Crippen LogP contribution in [-0.4, -0.2) is 34.5 Å². The topological polar surface area (TPSA) is 68.3 Å². The first kappa shape index (κ1) is 17.5. The van der Waals surface area contributed by atoms with Gasteiger partial charge in [-0.3, -0.25) is 4.79 Å². The van der Waals surface area contributed by atoms with E-state index >= 15 is 0 Å². The Morgan fingerprint density at radius 3 is 2.52 bits per heavy atom. The number of esters is 1. The van der Waals surface area contributed by atoms with Crippen LogP contribution in [0.15, 0.2) is 18.3 Å². The molecule has 0 fully saturated rings. The number of nitrogens with zero attached hydrogens (tertiary/aromatic N) is 1. The van der Waals surface area contributed by atoms with Crippen molar-refractivity contribution in [3.05, 3.63) is 23.9 Å². The summed E-state index contributed by atoms with van der Waals surface area (Å²) in [6.07, 6.45) is 3.36. The molecule has 1 rings (SSSR count). The van der Waals surface area contributed by atoms with Crippen molar-refractivity contribution in [1.29, 1.82) is 0 Å². The Hall–Kier alpha value is -1.56. The van der Waals surface area contributed by atoms with Gasteiger partial charge in [-0.2, -0.15) is 11.8 Å². The maximum absolute atomic E-state index is 11.9. The molecule has 1 aromatic rings. The van der Waals surface area contributed by atoms with E-state index < -0.39 is 11.6 Å². The Labute approximate surface area is 129 Å². The van der Waals surface area contributed by atoms with E-state index in [1.54, 1.807) is 44.7 Å². The van der Waals surface area contributed by atoms with Crippen LogP contribution < -0.4 is 5.32 Å². The highest BCUT2D eigenvalue weighted by atomic mass is 32.2. The third-order valence-electron chi connectivity index (χ3n) is 2.51. The quantitative estimate of drug-likeness (QED) is 0.847. The van der Waals surface area contributed by atoms with Crippen LogP contribution in [0, 0.1) is 5.92 Å². The Morgan fingerprint density at radius 1 is 1.38 bits per heavy atom.